The van der Waals surface area contributed by atoms with Crippen LogP contribution in [0.15, 0.2) is 41.1 Å². The van der Waals surface area contributed by atoms with E-state index in [1.54, 1.807) is 0 Å². The van der Waals surface area contributed by atoms with Gasteiger partial charge >= 0.3 is 0 Å². The van der Waals surface area contributed by atoms with Crippen LogP contribution in [0.25, 0.3) is 0 Å². The summed E-state index contributed by atoms with van der Waals surface area (Å²) < 4.78 is 3.14. The van der Waals surface area contributed by atoms with Gasteiger partial charge in [-0.1, -0.05) is 12.1 Å². The maximum atomic E-state index is 5.83. The number of piperidine rings is 1. The number of rotatable bonds is 3. The largest absolute Gasteiger partial charge is 0.399 e. The molecule has 0 unspecified atom stereocenters. The zero-order valence-corrected chi connectivity index (χ0v) is 14.2. The average Bonchev–Trinajstić information content (AvgIpc) is 2.86. The van der Waals surface area contributed by atoms with Gasteiger partial charge in [0.05, 0.1) is 16.7 Å². The first-order valence-electron chi connectivity index (χ1n) is 6.97. The van der Waals surface area contributed by atoms with E-state index in [9.17, 15) is 0 Å². The molecule has 2 heterocycles. The van der Waals surface area contributed by atoms with Crippen LogP contribution < -0.4 is 5.73 Å². The van der Waals surface area contributed by atoms with Crippen molar-refractivity contribution < 1.29 is 0 Å². The minimum Gasteiger partial charge on any atom is -0.399 e. The number of anilines is 1. The fraction of sp³-hybridized carbons (Fsp3) is 0.400. The van der Waals surface area contributed by atoms with Crippen LogP contribution in [0.4, 0.5) is 5.69 Å². The van der Waals surface area contributed by atoms with Gasteiger partial charge in [0, 0.05) is 31.5 Å². The lowest BCUT2D eigenvalue weighted by Gasteiger charge is -2.32. The van der Waals surface area contributed by atoms with Gasteiger partial charge in [-0.15, -0.1) is 12.4 Å². The summed E-state index contributed by atoms with van der Waals surface area (Å²) in [5.41, 5.74) is 7.97. The second kappa shape index (κ2) is 7.29. The van der Waals surface area contributed by atoms with Crippen molar-refractivity contribution >= 4 is 34.0 Å². The third kappa shape index (κ3) is 4.22. The topological polar surface area (TPSA) is 47.1 Å². The van der Waals surface area contributed by atoms with Crippen LogP contribution in [0.3, 0.4) is 0 Å². The molecule has 0 atom stereocenters. The quantitative estimate of drug-likeness (QED) is 0.840. The SMILES string of the molecule is Cl.Nc1cccc(CN2CCC(n3cc(Br)cn3)CC2)c1. The average molecular weight is 372 g/mol. The van der Waals surface area contributed by atoms with Gasteiger partial charge in [-0.25, -0.2) is 0 Å². The molecule has 2 N–H and O–H groups in total. The Bertz CT molecular complexity index is 579. The molecule has 0 saturated carbocycles. The first-order chi connectivity index (χ1) is 9.70. The lowest BCUT2D eigenvalue weighted by molar-refractivity contribution is 0.173. The van der Waals surface area contributed by atoms with E-state index < -0.39 is 0 Å². The predicted molar refractivity (Wildman–Crippen MR) is 91.6 cm³/mol. The molecule has 1 aromatic heterocycles. The van der Waals surface area contributed by atoms with Crippen molar-refractivity contribution in [3.8, 4) is 0 Å². The van der Waals surface area contributed by atoms with Crippen LogP contribution in [0.1, 0.15) is 24.4 Å². The third-order valence-corrected chi connectivity index (χ3v) is 4.27. The number of likely N-dealkylation sites (tertiary alicyclic amines) is 1. The van der Waals surface area contributed by atoms with E-state index >= 15 is 0 Å². The highest BCUT2D eigenvalue weighted by Gasteiger charge is 2.21. The number of hydrogen-bond acceptors (Lipinski definition) is 3. The molecular formula is C15H20BrClN4. The molecule has 1 aliphatic heterocycles. The van der Waals surface area contributed by atoms with Crippen LogP contribution in [0.2, 0.25) is 0 Å². The molecule has 21 heavy (non-hydrogen) atoms. The van der Waals surface area contributed by atoms with Gasteiger partial charge in [-0.3, -0.25) is 9.58 Å². The Hall–Kier alpha value is -1.04. The molecule has 0 bridgehead atoms. The van der Waals surface area contributed by atoms with Crippen LogP contribution in [0, 0.1) is 0 Å². The number of nitrogens with two attached hydrogens (primary N) is 1. The van der Waals surface area contributed by atoms with E-state index in [1.165, 1.54) is 5.56 Å². The van der Waals surface area contributed by atoms with E-state index in [4.69, 9.17) is 5.73 Å². The molecule has 0 spiro atoms. The van der Waals surface area contributed by atoms with E-state index in [1.807, 2.05) is 18.3 Å². The normalized spacial score (nSPS) is 16.6. The van der Waals surface area contributed by atoms with Crippen molar-refractivity contribution in [2.75, 3.05) is 18.8 Å². The minimum absolute atomic E-state index is 0. The molecule has 1 aromatic carbocycles. The smallest absolute Gasteiger partial charge is 0.0632 e. The van der Waals surface area contributed by atoms with Crippen molar-refractivity contribution in [1.82, 2.24) is 14.7 Å². The Balaban J connectivity index is 0.00000161. The Labute approximate surface area is 139 Å². The molecule has 2 aromatic rings. The first-order valence-corrected chi connectivity index (χ1v) is 7.76. The molecule has 114 valence electrons. The van der Waals surface area contributed by atoms with Crippen LogP contribution in [-0.4, -0.2) is 27.8 Å². The van der Waals surface area contributed by atoms with Crippen molar-refractivity contribution in [2.24, 2.45) is 0 Å². The van der Waals surface area contributed by atoms with Crippen LogP contribution >= 0.6 is 28.3 Å². The molecule has 0 radical (unpaired) electrons. The zero-order chi connectivity index (χ0) is 13.9. The molecule has 1 aliphatic rings. The molecule has 6 heteroatoms. The zero-order valence-electron chi connectivity index (χ0n) is 11.8. The summed E-state index contributed by atoms with van der Waals surface area (Å²) >= 11 is 3.46. The van der Waals surface area contributed by atoms with Gasteiger partial charge in [-0.2, -0.15) is 5.10 Å². The highest BCUT2D eigenvalue weighted by molar-refractivity contribution is 9.10. The molecular weight excluding hydrogens is 352 g/mol. The first kappa shape index (κ1) is 16.3. The lowest BCUT2D eigenvalue weighted by Crippen LogP contribution is -2.34. The van der Waals surface area contributed by atoms with Gasteiger partial charge in [0.1, 0.15) is 0 Å². The number of nitrogens with zero attached hydrogens (tertiary/aromatic N) is 3. The Kier molecular flexibility index (Phi) is 5.67. The highest BCUT2D eigenvalue weighted by atomic mass is 79.9. The predicted octanol–water partition coefficient (Wildman–Crippen LogP) is 3.49. The van der Waals surface area contributed by atoms with E-state index in [-0.39, 0.29) is 12.4 Å². The number of hydrogen-bond donors (Lipinski definition) is 1. The van der Waals surface area contributed by atoms with Crippen molar-refractivity contribution in [2.45, 2.75) is 25.4 Å². The summed E-state index contributed by atoms with van der Waals surface area (Å²) in [5.74, 6) is 0. The number of aromatic nitrogens is 2. The minimum atomic E-state index is 0. The molecule has 1 fully saturated rings. The van der Waals surface area contributed by atoms with E-state index in [2.05, 4.69) is 48.9 Å². The molecule has 1 saturated heterocycles. The van der Waals surface area contributed by atoms with Gasteiger partial charge in [-0.05, 0) is 46.5 Å². The maximum absolute atomic E-state index is 5.83. The Morgan fingerprint density at radius 3 is 2.67 bits per heavy atom. The summed E-state index contributed by atoms with van der Waals surface area (Å²) in [6.45, 7) is 3.20. The van der Waals surface area contributed by atoms with Crippen LogP contribution in [0.5, 0.6) is 0 Å². The second-order valence-electron chi connectivity index (χ2n) is 5.39. The fourth-order valence-corrected chi connectivity index (χ4v) is 3.11. The van der Waals surface area contributed by atoms with Crippen LogP contribution in [-0.2, 0) is 6.54 Å². The molecule has 0 amide bonds. The summed E-state index contributed by atoms with van der Waals surface area (Å²) in [6.07, 6.45) is 6.23. The highest BCUT2D eigenvalue weighted by Crippen LogP contribution is 2.24. The summed E-state index contributed by atoms with van der Waals surface area (Å²) in [5, 5.41) is 4.39. The van der Waals surface area contributed by atoms with E-state index in [0.29, 0.717) is 6.04 Å². The third-order valence-electron chi connectivity index (χ3n) is 3.86. The van der Waals surface area contributed by atoms with Gasteiger partial charge < -0.3 is 5.73 Å². The van der Waals surface area contributed by atoms with Crippen molar-refractivity contribution in [3.05, 3.63) is 46.7 Å². The second-order valence-corrected chi connectivity index (χ2v) is 6.31. The summed E-state index contributed by atoms with van der Waals surface area (Å²) in [6, 6.07) is 8.70. The fourth-order valence-electron chi connectivity index (χ4n) is 2.81. The monoisotopic (exact) mass is 370 g/mol. The number of benzene rings is 1. The lowest BCUT2D eigenvalue weighted by atomic mass is 10.0. The summed E-state index contributed by atoms with van der Waals surface area (Å²) in [7, 11) is 0. The van der Waals surface area contributed by atoms with E-state index in [0.717, 1.165) is 42.6 Å². The van der Waals surface area contributed by atoms with Crippen molar-refractivity contribution in [1.29, 1.82) is 0 Å². The molecule has 3 rings (SSSR count). The number of nitrogen functional groups attached to an aromatic ring is 1. The Morgan fingerprint density at radius 2 is 2.05 bits per heavy atom. The maximum Gasteiger partial charge on any atom is 0.0632 e. The number of halogens is 2. The summed E-state index contributed by atoms with van der Waals surface area (Å²) in [4.78, 5) is 2.49. The van der Waals surface area contributed by atoms with Crippen molar-refractivity contribution in [3.63, 3.8) is 0 Å². The molecule has 0 aliphatic carbocycles. The van der Waals surface area contributed by atoms with Gasteiger partial charge in [0.2, 0.25) is 0 Å². The molecule has 4 nitrogen and oxygen atoms in total. The standard InChI is InChI=1S/C15H19BrN4.ClH/c16-13-9-18-20(11-13)15-4-6-19(7-5-15)10-12-2-1-3-14(17)8-12;/h1-3,8-9,11,15H,4-7,10,17H2;1H. The van der Waals surface area contributed by atoms with Gasteiger partial charge in [0.25, 0.3) is 0 Å². The Morgan fingerprint density at radius 1 is 1.29 bits per heavy atom. The van der Waals surface area contributed by atoms with Gasteiger partial charge in [0.15, 0.2) is 0 Å².